The number of nitrogens with one attached hydrogen (secondary N) is 2. The molecule has 0 aliphatic carbocycles. The van der Waals surface area contributed by atoms with Crippen molar-refractivity contribution < 1.29 is 14.3 Å². The van der Waals surface area contributed by atoms with E-state index in [1.54, 1.807) is 24.3 Å². The first-order chi connectivity index (χ1) is 12.7. The minimum Gasteiger partial charge on any atom is -0.451 e. The molecule has 0 bridgehead atoms. The molecule has 0 radical (unpaired) electrons. The third kappa shape index (κ3) is 3.93. The van der Waals surface area contributed by atoms with Gasteiger partial charge in [-0.25, -0.2) is 4.79 Å². The molecule has 130 valence electrons. The number of hydrogen-bond donors (Lipinski definition) is 2. The van der Waals surface area contributed by atoms with Crippen LogP contribution in [0.4, 0.5) is 0 Å². The van der Waals surface area contributed by atoms with E-state index in [1.807, 2.05) is 36.5 Å². The highest BCUT2D eigenvalue weighted by molar-refractivity contribution is 5.97. The number of H-pyrrole nitrogens is 1. The number of esters is 1. The van der Waals surface area contributed by atoms with Crippen molar-refractivity contribution >= 4 is 22.8 Å². The first-order valence-corrected chi connectivity index (χ1v) is 8.20. The van der Waals surface area contributed by atoms with Crippen LogP contribution in [0.2, 0.25) is 0 Å². The highest BCUT2D eigenvalue weighted by atomic mass is 16.5. The second-order valence-electron chi connectivity index (χ2n) is 5.77. The average molecular weight is 346 g/mol. The summed E-state index contributed by atoms with van der Waals surface area (Å²) in [5.41, 5.74) is 2.35. The molecule has 0 aliphatic heterocycles. The summed E-state index contributed by atoms with van der Waals surface area (Å²) in [7, 11) is 0. The molecule has 0 spiro atoms. The maximum absolute atomic E-state index is 12.5. The Morgan fingerprint density at radius 1 is 1.12 bits per heavy atom. The summed E-state index contributed by atoms with van der Waals surface area (Å²) in [6.45, 7) is -0.134. The van der Waals surface area contributed by atoms with Gasteiger partial charge in [0.25, 0.3) is 5.91 Å². The molecular formula is C21H18N2O3. The number of para-hydroxylation sites is 1. The van der Waals surface area contributed by atoms with Crippen molar-refractivity contribution in [2.45, 2.75) is 12.5 Å². The quantitative estimate of drug-likeness (QED) is 0.532. The van der Waals surface area contributed by atoms with Crippen LogP contribution in [0.1, 0.15) is 15.9 Å². The molecule has 5 heteroatoms. The second-order valence-corrected chi connectivity index (χ2v) is 5.77. The topological polar surface area (TPSA) is 71.2 Å². The van der Waals surface area contributed by atoms with Crippen molar-refractivity contribution in [2.75, 3.05) is 6.61 Å². The number of carbonyl (C=O) groups is 2. The van der Waals surface area contributed by atoms with Gasteiger partial charge >= 0.3 is 5.97 Å². The van der Waals surface area contributed by atoms with E-state index in [0.29, 0.717) is 12.0 Å². The van der Waals surface area contributed by atoms with E-state index in [1.165, 1.54) is 0 Å². The van der Waals surface area contributed by atoms with Gasteiger partial charge in [-0.2, -0.15) is 0 Å². The summed E-state index contributed by atoms with van der Waals surface area (Å²) >= 11 is 0. The summed E-state index contributed by atoms with van der Waals surface area (Å²) in [6, 6.07) is 15.6. The number of aromatic nitrogens is 1. The van der Waals surface area contributed by atoms with Crippen LogP contribution in [-0.4, -0.2) is 29.5 Å². The Kier molecular flexibility index (Phi) is 5.35. The number of ether oxygens (including phenoxy) is 1. The summed E-state index contributed by atoms with van der Waals surface area (Å²) in [4.78, 5) is 28.0. The number of hydrogen-bond acceptors (Lipinski definition) is 3. The minimum absolute atomic E-state index is 0.134. The Bertz CT molecular complexity index is 954. The maximum atomic E-state index is 12.5. The SMILES string of the molecule is C#CCOC(=O)C(Cc1c[nH]c2ccccc12)NC(=O)c1ccccc1. The fourth-order valence-corrected chi connectivity index (χ4v) is 2.76. The normalized spacial score (nSPS) is 11.5. The minimum atomic E-state index is -0.838. The standard InChI is InChI=1S/C21H18N2O3/c1-2-12-26-21(25)19(23-20(24)15-8-4-3-5-9-15)13-16-14-22-18-11-7-6-10-17(16)18/h1,3-11,14,19,22H,12-13H2,(H,23,24). The Labute approximate surface area is 151 Å². The first kappa shape index (κ1) is 17.3. The number of amides is 1. The maximum Gasteiger partial charge on any atom is 0.329 e. The zero-order chi connectivity index (χ0) is 18.4. The van der Waals surface area contributed by atoms with Crippen LogP contribution in [0, 0.1) is 12.3 Å². The average Bonchev–Trinajstić information content (AvgIpc) is 3.09. The van der Waals surface area contributed by atoms with Gasteiger partial charge in [0.15, 0.2) is 6.61 Å². The van der Waals surface area contributed by atoms with Crippen LogP contribution >= 0.6 is 0 Å². The van der Waals surface area contributed by atoms with Crippen molar-refractivity contribution in [3.8, 4) is 12.3 Å². The van der Waals surface area contributed by atoms with Crippen LogP contribution < -0.4 is 5.32 Å². The van der Waals surface area contributed by atoms with E-state index in [0.717, 1.165) is 16.5 Å². The number of rotatable bonds is 6. The Hall–Kier alpha value is -3.52. The number of fused-ring (bicyclic) bond motifs is 1. The molecule has 2 aromatic carbocycles. The van der Waals surface area contributed by atoms with Crippen molar-refractivity contribution in [1.29, 1.82) is 0 Å². The molecule has 0 fully saturated rings. The van der Waals surface area contributed by atoms with Crippen LogP contribution in [0.5, 0.6) is 0 Å². The zero-order valence-corrected chi connectivity index (χ0v) is 14.1. The summed E-state index contributed by atoms with van der Waals surface area (Å²) in [5, 5.41) is 3.75. The predicted octanol–water partition coefficient (Wildman–Crippen LogP) is 2.69. The molecule has 26 heavy (non-hydrogen) atoms. The van der Waals surface area contributed by atoms with Crippen molar-refractivity contribution in [1.82, 2.24) is 10.3 Å². The van der Waals surface area contributed by atoms with Gasteiger partial charge < -0.3 is 15.0 Å². The second kappa shape index (κ2) is 8.04. The van der Waals surface area contributed by atoms with Crippen molar-refractivity contribution in [3.05, 3.63) is 71.9 Å². The molecule has 1 heterocycles. The Morgan fingerprint density at radius 3 is 2.62 bits per heavy atom. The summed E-state index contributed by atoms with van der Waals surface area (Å²) in [6.07, 6.45) is 7.29. The third-order valence-corrected chi connectivity index (χ3v) is 4.02. The number of terminal acetylenes is 1. The largest absolute Gasteiger partial charge is 0.451 e. The number of carbonyl (C=O) groups excluding carboxylic acids is 2. The van der Waals surface area contributed by atoms with Gasteiger partial charge in [0, 0.05) is 29.1 Å². The van der Waals surface area contributed by atoms with Crippen molar-refractivity contribution in [3.63, 3.8) is 0 Å². The monoisotopic (exact) mass is 346 g/mol. The predicted molar refractivity (Wildman–Crippen MR) is 99.5 cm³/mol. The third-order valence-electron chi connectivity index (χ3n) is 4.02. The van der Waals surface area contributed by atoms with Gasteiger partial charge in [0.05, 0.1) is 0 Å². The lowest BCUT2D eigenvalue weighted by molar-refractivity contribution is -0.144. The van der Waals surface area contributed by atoms with Gasteiger partial charge in [-0.05, 0) is 23.8 Å². The van der Waals surface area contributed by atoms with Crippen LogP contribution in [-0.2, 0) is 16.0 Å². The van der Waals surface area contributed by atoms with Crippen molar-refractivity contribution in [2.24, 2.45) is 0 Å². The molecule has 1 aromatic heterocycles. The van der Waals surface area contributed by atoms with Gasteiger partial charge in [0.1, 0.15) is 6.04 Å². The molecule has 0 saturated carbocycles. The molecule has 3 rings (SSSR count). The fourth-order valence-electron chi connectivity index (χ4n) is 2.76. The lowest BCUT2D eigenvalue weighted by atomic mass is 10.0. The van der Waals surface area contributed by atoms with Crippen LogP contribution in [0.15, 0.2) is 60.8 Å². The van der Waals surface area contributed by atoms with Gasteiger partial charge in [-0.15, -0.1) is 6.42 Å². The van der Waals surface area contributed by atoms with Gasteiger partial charge in [-0.1, -0.05) is 42.3 Å². The Balaban J connectivity index is 1.82. The zero-order valence-electron chi connectivity index (χ0n) is 14.1. The first-order valence-electron chi connectivity index (χ1n) is 8.20. The van der Waals surface area contributed by atoms with Gasteiger partial charge in [-0.3, -0.25) is 4.79 Å². The van der Waals surface area contributed by atoms with E-state index in [4.69, 9.17) is 11.2 Å². The molecular weight excluding hydrogens is 328 g/mol. The van der Waals surface area contributed by atoms with E-state index in [2.05, 4.69) is 16.2 Å². The highest BCUT2D eigenvalue weighted by Crippen LogP contribution is 2.19. The molecule has 1 unspecified atom stereocenters. The van der Waals surface area contributed by atoms with E-state index < -0.39 is 12.0 Å². The molecule has 5 nitrogen and oxygen atoms in total. The number of aromatic amines is 1. The fraction of sp³-hybridized carbons (Fsp3) is 0.143. The van der Waals surface area contributed by atoms with E-state index in [-0.39, 0.29) is 12.5 Å². The Morgan fingerprint density at radius 2 is 1.85 bits per heavy atom. The summed E-state index contributed by atoms with van der Waals surface area (Å²) < 4.78 is 5.05. The van der Waals surface area contributed by atoms with E-state index >= 15 is 0 Å². The van der Waals surface area contributed by atoms with Gasteiger partial charge in [0.2, 0.25) is 0 Å². The lowest BCUT2D eigenvalue weighted by Crippen LogP contribution is -2.43. The lowest BCUT2D eigenvalue weighted by Gasteiger charge is -2.17. The molecule has 0 saturated heterocycles. The van der Waals surface area contributed by atoms with Crippen LogP contribution in [0.25, 0.3) is 10.9 Å². The molecule has 1 amide bonds. The van der Waals surface area contributed by atoms with Crippen LogP contribution in [0.3, 0.4) is 0 Å². The highest BCUT2D eigenvalue weighted by Gasteiger charge is 2.24. The molecule has 2 N–H and O–H groups in total. The van der Waals surface area contributed by atoms with E-state index in [9.17, 15) is 9.59 Å². The molecule has 0 aliphatic rings. The summed E-state index contributed by atoms with van der Waals surface area (Å²) in [5.74, 6) is 1.37. The number of benzene rings is 2. The smallest absolute Gasteiger partial charge is 0.329 e. The molecule has 1 atom stereocenters. The molecule has 3 aromatic rings.